The number of ketones is 5. The van der Waals surface area contributed by atoms with Gasteiger partial charge in [0.15, 0.2) is 40.8 Å². The van der Waals surface area contributed by atoms with Crippen LogP contribution in [0.25, 0.3) is 0 Å². The molecule has 0 aliphatic carbocycles. The molecule has 0 fully saturated rings. The molecule has 0 saturated heterocycles. The smallest absolute Gasteiger partial charge is 0.305 e. The molecule has 0 radical (unpaired) electrons. The number of guanidine groups is 2. The van der Waals surface area contributed by atoms with E-state index in [4.69, 9.17) is 28.7 Å². The molecule has 28 heteroatoms. The normalized spacial score (nSPS) is 15.0. The molecular formula is C59H104N12O16. The maximum Gasteiger partial charge on any atom is 0.305 e. The molecule has 0 unspecified atom stereocenters. The lowest BCUT2D eigenvalue weighted by atomic mass is 9.90. The number of aliphatic carboxylic acids is 1. The van der Waals surface area contributed by atoms with E-state index >= 15 is 0 Å². The largest absolute Gasteiger partial charge is 0.481 e. The Bertz CT molecular complexity index is 2270. The second-order valence-electron chi connectivity index (χ2n) is 22.7. The third-order valence-corrected chi connectivity index (χ3v) is 14.8. The number of Topliss-reactive ketones (excluding diaryl/α,β-unsaturated/α-hetero) is 5. The van der Waals surface area contributed by atoms with Gasteiger partial charge in [0, 0.05) is 64.0 Å². The van der Waals surface area contributed by atoms with Crippen LogP contribution < -0.4 is 55.3 Å². The van der Waals surface area contributed by atoms with E-state index in [9.17, 15) is 78.0 Å². The number of aliphatic hydroxyl groups excluding tert-OH is 3. The van der Waals surface area contributed by atoms with Gasteiger partial charge in [-0.1, -0.05) is 97.8 Å². The number of aliphatic hydroxyl groups is 3. The molecule has 6 amide bonds. The topological polar surface area (TPSA) is 501 Å². The van der Waals surface area contributed by atoms with Gasteiger partial charge in [-0.3, -0.25) is 67.5 Å². The highest BCUT2D eigenvalue weighted by Crippen LogP contribution is 2.20. The molecule has 0 heterocycles. The fourth-order valence-electron chi connectivity index (χ4n) is 9.52. The molecule has 496 valence electrons. The van der Waals surface area contributed by atoms with E-state index < -0.39 is 176 Å². The van der Waals surface area contributed by atoms with Crippen molar-refractivity contribution in [2.45, 2.75) is 244 Å². The molecule has 0 aliphatic rings. The zero-order valence-electron chi connectivity index (χ0n) is 52.1. The molecule has 87 heavy (non-hydrogen) atoms. The van der Waals surface area contributed by atoms with E-state index in [0.29, 0.717) is 6.42 Å². The summed E-state index contributed by atoms with van der Waals surface area (Å²) in [5.74, 6) is -16.7. The van der Waals surface area contributed by atoms with Gasteiger partial charge < -0.3 is 75.7 Å². The molecule has 0 bridgehead atoms. The van der Waals surface area contributed by atoms with Gasteiger partial charge in [0.05, 0.1) is 67.2 Å². The van der Waals surface area contributed by atoms with Crippen LogP contribution in [0.3, 0.4) is 0 Å². The Morgan fingerprint density at radius 1 is 0.448 bits per heavy atom. The van der Waals surface area contributed by atoms with E-state index in [1.54, 1.807) is 6.92 Å². The molecule has 0 aromatic heterocycles. The fraction of sp³-hybridized carbons (Fsp3) is 0.763. The summed E-state index contributed by atoms with van der Waals surface area (Å²) in [6.07, 6.45) is 7.66. The van der Waals surface area contributed by atoms with Crippen molar-refractivity contribution in [1.29, 1.82) is 0 Å². The first-order valence-corrected chi connectivity index (χ1v) is 30.7. The van der Waals surface area contributed by atoms with Gasteiger partial charge in [0.25, 0.3) is 0 Å². The number of nitrogens with two attached hydrogens (primary N) is 5. The van der Waals surface area contributed by atoms with Gasteiger partial charge in [-0.15, -0.1) is 0 Å². The number of carboxylic acids is 1. The number of unbranched alkanes of at least 4 members (excludes halogenated alkanes) is 12. The molecule has 0 aromatic carbocycles. The maximum atomic E-state index is 13.9. The van der Waals surface area contributed by atoms with Crippen LogP contribution in [0.15, 0.2) is 9.98 Å². The quantitative estimate of drug-likeness (QED) is 0.0223. The minimum Gasteiger partial charge on any atom is -0.481 e. The summed E-state index contributed by atoms with van der Waals surface area (Å²) >= 11 is 0. The Labute approximate surface area is 511 Å². The van der Waals surface area contributed by atoms with E-state index in [0.717, 1.165) is 25.7 Å². The number of primary amides is 1. The van der Waals surface area contributed by atoms with Gasteiger partial charge in [-0.25, -0.2) is 0 Å². The Kier molecular flexibility index (Phi) is 41.7. The molecule has 11 atom stereocenters. The molecule has 28 nitrogen and oxygen atoms in total. The van der Waals surface area contributed by atoms with Crippen LogP contribution in [-0.4, -0.2) is 165 Å². The minimum atomic E-state index is -1.84. The molecular weight excluding hydrogens is 1130 g/mol. The lowest BCUT2D eigenvalue weighted by Crippen LogP contribution is -2.50. The number of rotatable bonds is 52. The van der Waals surface area contributed by atoms with E-state index in [2.05, 4.69) is 43.5 Å². The number of carboxylic acid groups (broad SMARTS) is 1. The average molecular weight is 1240 g/mol. The monoisotopic (exact) mass is 1240 g/mol. The highest BCUT2D eigenvalue weighted by Gasteiger charge is 2.37. The molecule has 19 N–H and O–H groups in total. The number of carbonyl (C=O) groups is 12. The van der Waals surface area contributed by atoms with Gasteiger partial charge in [-0.05, 0) is 52.9 Å². The Balaban J connectivity index is 5.96. The van der Waals surface area contributed by atoms with Gasteiger partial charge in [-0.2, -0.15) is 0 Å². The van der Waals surface area contributed by atoms with Crippen molar-refractivity contribution < 1.29 is 78.0 Å². The van der Waals surface area contributed by atoms with Crippen molar-refractivity contribution in [1.82, 2.24) is 26.6 Å². The van der Waals surface area contributed by atoms with Crippen LogP contribution in [0.4, 0.5) is 0 Å². The van der Waals surface area contributed by atoms with Gasteiger partial charge >= 0.3 is 5.97 Å². The molecule has 0 aliphatic heterocycles. The van der Waals surface area contributed by atoms with Crippen LogP contribution in [0.5, 0.6) is 0 Å². The summed E-state index contributed by atoms with van der Waals surface area (Å²) < 4.78 is 0. The highest BCUT2D eigenvalue weighted by atomic mass is 16.4. The number of hydrogen-bond donors (Lipinski definition) is 14. The Morgan fingerprint density at radius 2 is 0.908 bits per heavy atom. The van der Waals surface area contributed by atoms with Crippen LogP contribution in [-0.2, 0) is 57.5 Å². The van der Waals surface area contributed by atoms with Gasteiger partial charge in [0.1, 0.15) is 6.04 Å². The number of hydrogen-bond acceptors (Lipinski definition) is 17. The van der Waals surface area contributed by atoms with Crippen molar-refractivity contribution in [2.75, 3.05) is 19.7 Å². The summed E-state index contributed by atoms with van der Waals surface area (Å²) in [5, 5.41) is 53.3. The number of nitrogens with one attached hydrogen (secondary N) is 5. The van der Waals surface area contributed by atoms with Crippen molar-refractivity contribution in [3.05, 3.63) is 0 Å². The number of aliphatic imine (C=N–C) groups is 2. The Hall–Kier alpha value is -6.94. The molecule has 0 spiro atoms. The summed E-state index contributed by atoms with van der Waals surface area (Å²) in [5.41, 5.74) is 27.0. The molecule has 0 aromatic rings. The zero-order chi connectivity index (χ0) is 66.2. The minimum absolute atomic E-state index is 0.0210. The predicted molar refractivity (Wildman–Crippen MR) is 325 cm³/mol. The number of carbonyl (C=O) groups excluding carboxylic acids is 11. The lowest BCUT2D eigenvalue weighted by molar-refractivity contribution is -0.142. The van der Waals surface area contributed by atoms with Crippen LogP contribution in [0, 0.1) is 23.7 Å². The molecule has 0 rings (SSSR count). The second kappa shape index (κ2) is 45.4. The van der Waals surface area contributed by atoms with Crippen LogP contribution in [0.2, 0.25) is 0 Å². The summed E-state index contributed by atoms with van der Waals surface area (Å²) in [7, 11) is 0. The zero-order valence-corrected chi connectivity index (χ0v) is 52.1. The summed E-state index contributed by atoms with van der Waals surface area (Å²) in [6.45, 7) is 7.98. The average Bonchev–Trinajstić information content (AvgIpc) is 3.42. The fourth-order valence-corrected chi connectivity index (χ4v) is 9.52. The summed E-state index contributed by atoms with van der Waals surface area (Å²) in [6, 6.07) is -7.01. The third-order valence-electron chi connectivity index (χ3n) is 14.8. The van der Waals surface area contributed by atoms with Crippen molar-refractivity contribution in [3.8, 4) is 0 Å². The van der Waals surface area contributed by atoms with E-state index in [1.165, 1.54) is 79.1 Å². The first kappa shape index (κ1) is 80.1. The molecule has 0 saturated carbocycles. The highest BCUT2D eigenvalue weighted by molar-refractivity contribution is 5.99. The van der Waals surface area contributed by atoms with Crippen LogP contribution in [0.1, 0.15) is 202 Å². The number of nitrogens with zero attached hydrogens (tertiary/aromatic N) is 2. The van der Waals surface area contributed by atoms with Crippen molar-refractivity contribution >= 4 is 82.2 Å². The maximum absolute atomic E-state index is 13.9. The van der Waals surface area contributed by atoms with Gasteiger partial charge in [0.2, 0.25) is 35.4 Å². The SMILES string of the molecule is CCCCCCCCCCCCCCCC(=O)N[C@H](C(=O)C[C@@H](CC(N)=O)C(=O)N[C@@H](C)C(=O)C[C@@H](C)C(=O)N[C@@H](CCCN=C(N)N)C(=O)C[C@@H](CO)C(=O)N[C@@H](CC(=O)O)C(=O)C[C@H](C(=O)N[C@@H](CCCN=C(N)N)C(=O)CC)[C@@H](C)O)[C@@H](C)O. The predicted octanol–water partition coefficient (Wildman–Crippen LogP) is 0.423. The second-order valence-corrected chi connectivity index (χ2v) is 22.7. The Morgan fingerprint density at radius 3 is 1.37 bits per heavy atom. The number of amides is 6. The van der Waals surface area contributed by atoms with Crippen molar-refractivity contribution in [3.63, 3.8) is 0 Å². The first-order chi connectivity index (χ1) is 41.0. The van der Waals surface area contributed by atoms with Crippen LogP contribution >= 0.6 is 0 Å². The van der Waals surface area contributed by atoms with E-state index in [-0.39, 0.29) is 69.3 Å². The van der Waals surface area contributed by atoms with Crippen molar-refractivity contribution in [2.24, 2.45) is 62.3 Å². The standard InChI is InChI=1S/C59H104N12O16/c1-7-9-10-11-12-13-14-15-16-17-18-19-20-25-51(81)71-53(38(6)74)49(79)29-39(31-50(60)80)55(85)67-36(4)46(76)28-35(3)54(84)68-43(24-22-27-66-59(63)64)47(77)30-40(34-72)56(86)70-44(33-52(82)83)48(78)32-41(37(5)73)57(87)69-42(45(75)8-2)23-21-26-65-58(61)62/h35-44,53,72-74H,7-34H2,1-6H3,(H2,60,80)(H,67,85)(H,68,84)(H,69,87)(H,70,86)(H,71,81)(H,82,83)(H4,61,62,65)(H4,63,64,66)/t35-,36+,37-,38-,39+,40+,41+,42+,43+,44+,53+/m1/s1. The third kappa shape index (κ3) is 36.1. The van der Waals surface area contributed by atoms with E-state index in [1.807, 2.05) is 0 Å². The lowest BCUT2D eigenvalue weighted by Gasteiger charge is -2.26. The summed E-state index contributed by atoms with van der Waals surface area (Å²) in [4.78, 5) is 166. The first-order valence-electron chi connectivity index (χ1n) is 30.7.